The number of benzene rings is 1. The van der Waals surface area contributed by atoms with Gasteiger partial charge in [0.2, 0.25) is 0 Å². The maximum atomic E-state index is 11.3. The van der Waals surface area contributed by atoms with Crippen LogP contribution in [-0.4, -0.2) is 27.8 Å². The van der Waals surface area contributed by atoms with Gasteiger partial charge >= 0.3 is 15.6 Å². The average molecular weight is 447 g/mol. The van der Waals surface area contributed by atoms with Crippen LogP contribution in [0.4, 0.5) is 5.69 Å². The van der Waals surface area contributed by atoms with Crippen LogP contribution >= 0.6 is 15.6 Å². The first-order chi connectivity index (χ1) is 13.4. The Kier molecular flexibility index (Phi) is 10.5. The van der Waals surface area contributed by atoms with Crippen LogP contribution < -0.4 is 5.32 Å². The fourth-order valence-electron chi connectivity index (χ4n) is 2.38. The summed E-state index contributed by atoms with van der Waals surface area (Å²) in [6.45, 7) is 8.66. The maximum Gasteiger partial charge on any atom is 0.481 e. The van der Waals surface area contributed by atoms with Crippen molar-refractivity contribution in [3.8, 4) is 0 Å². The summed E-state index contributed by atoms with van der Waals surface area (Å²) in [4.78, 5) is 26.2. The lowest BCUT2D eigenvalue weighted by Crippen LogP contribution is -2.03. The third kappa shape index (κ3) is 12.1. The Morgan fingerprint density at radius 2 is 1.69 bits per heavy atom. The van der Waals surface area contributed by atoms with Crippen LogP contribution in [0, 0.1) is 0 Å². The van der Waals surface area contributed by atoms with E-state index in [0.717, 1.165) is 30.6 Å². The number of rotatable bonds is 12. The largest absolute Gasteiger partial charge is 0.481 e. The summed E-state index contributed by atoms with van der Waals surface area (Å²) in [5.41, 5.74) is 4.49. The Hall–Kier alpha value is -1.24. The molecule has 4 N–H and O–H groups in total. The molecule has 1 rings (SSSR count). The van der Waals surface area contributed by atoms with Gasteiger partial charge in [-0.05, 0) is 50.3 Å². The van der Waals surface area contributed by atoms with Crippen molar-refractivity contribution < 1.29 is 32.6 Å². The molecule has 0 aliphatic rings. The first-order valence-electron chi connectivity index (χ1n) is 9.27. The predicted octanol–water partition coefficient (Wildman–Crippen LogP) is 5.12. The Bertz CT molecular complexity index is 797. The smallest absolute Gasteiger partial charge is 0.381 e. The summed E-state index contributed by atoms with van der Waals surface area (Å²) in [6.07, 6.45) is 5.20. The number of hydrogen-bond donors (Lipinski definition) is 4. The van der Waals surface area contributed by atoms with Gasteiger partial charge in [0, 0.05) is 12.2 Å². The number of hydrogen-bond acceptors (Lipinski definition) is 5. The Morgan fingerprint density at radius 1 is 1.07 bits per heavy atom. The van der Waals surface area contributed by atoms with E-state index in [9.17, 15) is 14.0 Å². The van der Waals surface area contributed by atoms with Gasteiger partial charge in [0.25, 0.3) is 0 Å². The first kappa shape index (κ1) is 25.8. The molecule has 8 nitrogen and oxygen atoms in total. The first-order valence-corrected chi connectivity index (χ1v) is 12.3. The monoisotopic (exact) mass is 447 g/mol. The predicted molar refractivity (Wildman–Crippen MR) is 115 cm³/mol. The van der Waals surface area contributed by atoms with E-state index in [-0.39, 0.29) is 6.61 Å². The minimum absolute atomic E-state index is 0.282. The maximum absolute atomic E-state index is 11.3. The van der Waals surface area contributed by atoms with Crippen molar-refractivity contribution in [2.24, 2.45) is 0 Å². The molecule has 0 saturated heterocycles. The van der Waals surface area contributed by atoms with Gasteiger partial charge in [-0.25, -0.2) is 9.13 Å². The van der Waals surface area contributed by atoms with Crippen molar-refractivity contribution >= 4 is 21.3 Å². The average Bonchev–Trinajstić information content (AvgIpc) is 2.58. The van der Waals surface area contributed by atoms with Gasteiger partial charge in [-0.1, -0.05) is 49.3 Å². The Labute approximate surface area is 172 Å². The van der Waals surface area contributed by atoms with Crippen molar-refractivity contribution in [1.82, 2.24) is 0 Å². The molecule has 0 heterocycles. The molecule has 0 amide bonds. The minimum atomic E-state index is -5.09. The van der Waals surface area contributed by atoms with Crippen molar-refractivity contribution in [1.29, 1.82) is 0 Å². The third-order valence-corrected chi connectivity index (χ3v) is 6.21. The number of anilines is 1. The molecule has 0 aromatic heterocycles. The van der Waals surface area contributed by atoms with E-state index >= 15 is 0 Å². The molecule has 1 atom stereocenters. The van der Waals surface area contributed by atoms with Crippen molar-refractivity contribution in [3.63, 3.8) is 0 Å². The Morgan fingerprint density at radius 3 is 2.24 bits per heavy atom. The van der Waals surface area contributed by atoms with E-state index in [4.69, 9.17) is 9.79 Å². The van der Waals surface area contributed by atoms with Crippen LogP contribution in [0.5, 0.6) is 0 Å². The zero-order valence-electron chi connectivity index (χ0n) is 17.2. The molecule has 1 aromatic carbocycles. The fraction of sp³-hybridized carbons (Fsp3) is 0.474. The summed E-state index contributed by atoms with van der Waals surface area (Å²) in [5.74, 6) is 0.510. The van der Waals surface area contributed by atoms with E-state index < -0.39 is 15.6 Å². The SMILES string of the molecule is C/C(=C\COP(=O)(O)OP(=O)(O)O)CC/C=C(\C)CNc1ccc(C(C)C)cc1. The van der Waals surface area contributed by atoms with Gasteiger partial charge in [-0.15, -0.1) is 0 Å². The molecular formula is C19H31NO7P2. The fourth-order valence-corrected chi connectivity index (χ4v) is 3.91. The van der Waals surface area contributed by atoms with E-state index in [1.54, 1.807) is 6.08 Å². The van der Waals surface area contributed by atoms with E-state index in [1.165, 1.54) is 11.1 Å². The highest BCUT2D eigenvalue weighted by atomic mass is 31.3. The molecule has 10 heteroatoms. The second-order valence-electron chi connectivity index (χ2n) is 7.11. The zero-order valence-corrected chi connectivity index (χ0v) is 19.0. The normalized spacial score (nSPS) is 15.4. The molecule has 0 fully saturated rings. The molecule has 164 valence electrons. The van der Waals surface area contributed by atoms with E-state index in [1.807, 2.05) is 13.8 Å². The van der Waals surface area contributed by atoms with Crippen molar-refractivity contribution in [2.45, 2.75) is 46.5 Å². The summed E-state index contributed by atoms with van der Waals surface area (Å²) in [6, 6.07) is 8.40. The van der Waals surface area contributed by atoms with Gasteiger partial charge in [0.15, 0.2) is 0 Å². The number of allylic oxidation sites excluding steroid dienone is 2. The Balaban J connectivity index is 2.36. The second-order valence-corrected chi connectivity index (χ2v) is 9.94. The minimum Gasteiger partial charge on any atom is -0.381 e. The zero-order chi connectivity index (χ0) is 22.1. The summed E-state index contributed by atoms with van der Waals surface area (Å²) in [5, 5.41) is 3.38. The molecule has 0 radical (unpaired) electrons. The molecule has 0 bridgehead atoms. The summed E-state index contributed by atoms with van der Waals surface area (Å²) in [7, 11) is -9.88. The van der Waals surface area contributed by atoms with Crippen LogP contribution in [0.2, 0.25) is 0 Å². The topological polar surface area (TPSA) is 125 Å². The van der Waals surface area contributed by atoms with E-state index in [0.29, 0.717) is 5.92 Å². The highest BCUT2D eigenvalue weighted by Crippen LogP contribution is 2.57. The van der Waals surface area contributed by atoms with Gasteiger partial charge < -0.3 is 20.0 Å². The van der Waals surface area contributed by atoms with Crippen LogP contribution in [0.25, 0.3) is 0 Å². The molecule has 0 aliphatic carbocycles. The van der Waals surface area contributed by atoms with Crippen LogP contribution in [0.1, 0.15) is 52.0 Å². The van der Waals surface area contributed by atoms with Crippen molar-refractivity contribution in [2.75, 3.05) is 18.5 Å². The molecule has 0 aliphatic heterocycles. The lowest BCUT2D eigenvalue weighted by atomic mass is 10.0. The van der Waals surface area contributed by atoms with Gasteiger partial charge in [-0.2, -0.15) is 4.31 Å². The highest BCUT2D eigenvalue weighted by Gasteiger charge is 2.31. The van der Waals surface area contributed by atoms with Gasteiger partial charge in [0.1, 0.15) is 0 Å². The second kappa shape index (κ2) is 11.8. The number of nitrogens with one attached hydrogen (secondary N) is 1. The van der Waals surface area contributed by atoms with Crippen molar-refractivity contribution in [3.05, 3.63) is 53.1 Å². The highest BCUT2D eigenvalue weighted by molar-refractivity contribution is 7.60. The van der Waals surface area contributed by atoms with E-state index in [2.05, 4.69) is 58.3 Å². The van der Waals surface area contributed by atoms with Crippen LogP contribution in [0.3, 0.4) is 0 Å². The number of phosphoric acid groups is 2. The molecule has 1 unspecified atom stereocenters. The number of phosphoric ester groups is 1. The lowest BCUT2D eigenvalue weighted by Gasteiger charge is -2.11. The molecular weight excluding hydrogens is 416 g/mol. The molecule has 29 heavy (non-hydrogen) atoms. The van der Waals surface area contributed by atoms with Crippen LogP contribution in [0.15, 0.2) is 47.6 Å². The standard InChI is InChI=1S/C19H31NO7P2/c1-15(2)18-8-10-19(11-9-18)20-14-17(4)7-5-6-16(3)12-13-26-29(24,25)27-28(21,22)23/h7-12,15,20H,5-6,13-14H2,1-4H3,(H,24,25)(H2,21,22,23)/b16-12+,17-7+. The quantitative estimate of drug-likeness (QED) is 0.257. The van der Waals surface area contributed by atoms with Gasteiger partial charge in [0.05, 0.1) is 6.61 Å². The van der Waals surface area contributed by atoms with Gasteiger partial charge in [-0.3, -0.25) is 4.52 Å². The molecule has 0 spiro atoms. The summed E-state index contributed by atoms with van der Waals surface area (Å²) >= 11 is 0. The molecule has 0 saturated carbocycles. The van der Waals surface area contributed by atoms with Crippen LogP contribution in [-0.2, 0) is 18.0 Å². The molecule has 1 aromatic rings. The summed E-state index contributed by atoms with van der Waals surface area (Å²) < 4.78 is 30.1. The lowest BCUT2D eigenvalue weighted by molar-refractivity contribution is 0.191. The third-order valence-electron chi connectivity index (χ3n) is 4.06.